The van der Waals surface area contributed by atoms with E-state index in [0.29, 0.717) is 10.1 Å². The maximum atomic E-state index is 11.5. The quantitative estimate of drug-likeness (QED) is 0.659. The molecule has 0 bridgehead atoms. The number of benzene rings is 1. The van der Waals surface area contributed by atoms with E-state index in [1.165, 1.54) is 6.08 Å². The molecule has 1 aromatic rings. The lowest BCUT2D eigenvalue weighted by Crippen LogP contribution is -2.38. The summed E-state index contributed by atoms with van der Waals surface area (Å²) in [5.74, 6) is -0.251. The molecule has 0 atom stereocenters. The Balaban J connectivity index is 2.44. The van der Waals surface area contributed by atoms with Gasteiger partial charge in [0.1, 0.15) is 0 Å². The molecule has 1 aromatic carbocycles. The Morgan fingerprint density at radius 2 is 2.06 bits per heavy atom. The van der Waals surface area contributed by atoms with Crippen molar-refractivity contribution in [1.29, 1.82) is 0 Å². The molecule has 5 heteroatoms. The van der Waals surface area contributed by atoms with Crippen LogP contribution in [0.25, 0.3) is 6.08 Å². The number of rotatable bonds is 4. The molecule has 1 rings (SSSR count). The van der Waals surface area contributed by atoms with Crippen LogP contribution in [0.5, 0.6) is 0 Å². The molecule has 0 aliphatic heterocycles. The summed E-state index contributed by atoms with van der Waals surface area (Å²) >= 11 is 10.7. The van der Waals surface area contributed by atoms with Crippen molar-refractivity contribution < 1.29 is 4.79 Å². The molecule has 0 saturated heterocycles. The minimum absolute atomic E-state index is 0.251. The first-order valence-corrected chi connectivity index (χ1v) is 6.43. The zero-order chi connectivity index (χ0) is 13.4. The Morgan fingerprint density at radius 1 is 1.39 bits per heavy atom. The number of thiocarbonyl (C=S) groups is 1. The van der Waals surface area contributed by atoms with Crippen LogP contribution in [0, 0.1) is 0 Å². The highest BCUT2D eigenvalue weighted by Crippen LogP contribution is 2.10. The number of amides is 1. The molecule has 0 saturated carbocycles. The fraction of sp³-hybridized carbons (Fsp3) is 0.231. The highest BCUT2D eigenvalue weighted by molar-refractivity contribution is 7.80. The van der Waals surface area contributed by atoms with Crippen molar-refractivity contribution >= 4 is 40.9 Å². The van der Waals surface area contributed by atoms with Crippen LogP contribution in [-0.2, 0) is 4.79 Å². The molecule has 0 aliphatic rings. The van der Waals surface area contributed by atoms with Crippen molar-refractivity contribution in [2.75, 3.05) is 6.54 Å². The highest BCUT2D eigenvalue weighted by atomic mass is 35.5. The van der Waals surface area contributed by atoms with Gasteiger partial charge in [-0.3, -0.25) is 10.1 Å². The normalized spacial score (nSPS) is 10.3. The van der Waals surface area contributed by atoms with E-state index in [1.807, 2.05) is 19.1 Å². The summed E-state index contributed by atoms with van der Waals surface area (Å²) in [4.78, 5) is 11.5. The van der Waals surface area contributed by atoms with Crippen LogP contribution in [0.15, 0.2) is 30.3 Å². The molecule has 0 spiro atoms. The van der Waals surface area contributed by atoms with Gasteiger partial charge in [-0.25, -0.2) is 0 Å². The number of carbonyl (C=O) groups is 1. The molecule has 0 aromatic heterocycles. The summed E-state index contributed by atoms with van der Waals surface area (Å²) in [7, 11) is 0. The molecule has 2 N–H and O–H groups in total. The van der Waals surface area contributed by atoms with E-state index < -0.39 is 0 Å². The van der Waals surface area contributed by atoms with Gasteiger partial charge in [0, 0.05) is 17.6 Å². The summed E-state index contributed by atoms with van der Waals surface area (Å²) in [6, 6.07) is 7.21. The van der Waals surface area contributed by atoms with Crippen molar-refractivity contribution in [3.8, 4) is 0 Å². The molecule has 1 amide bonds. The third-order valence-electron chi connectivity index (χ3n) is 2.07. The van der Waals surface area contributed by atoms with Gasteiger partial charge in [-0.1, -0.05) is 30.7 Å². The molecule has 0 aliphatic carbocycles. The van der Waals surface area contributed by atoms with Crippen LogP contribution in [-0.4, -0.2) is 17.6 Å². The standard InChI is InChI=1S/C13H15ClN2OS/c1-2-9-15-13(18)16-12(17)8-5-10-3-6-11(14)7-4-10/h3-8H,2,9H2,1H3,(H2,15,16,17,18)/b8-5+. The van der Waals surface area contributed by atoms with Crippen LogP contribution >= 0.6 is 23.8 Å². The summed E-state index contributed by atoms with van der Waals surface area (Å²) in [5, 5.41) is 6.50. The van der Waals surface area contributed by atoms with E-state index in [9.17, 15) is 4.79 Å². The molecule has 0 fully saturated rings. The lowest BCUT2D eigenvalue weighted by Gasteiger charge is -2.05. The van der Waals surface area contributed by atoms with Gasteiger partial charge in [0.05, 0.1) is 0 Å². The number of hydrogen-bond acceptors (Lipinski definition) is 2. The fourth-order valence-electron chi connectivity index (χ4n) is 1.18. The van der Waals surface area contributed by atoms with Gasteiger partial charge in [0.2, 0.25) is 5.91 Å². The van der Waals surface area contributed by atoms with Crippen molar-refractivity contribution in [2.45, 2.75) is 13.3 Å². The van der Waals surface area contributed by atoms with Crippen molar-refractivity contribution in [1.82, 2.24) is 10.6 Å². The van der Waals surface area contributed by atoms with Crippen LogP contribution in [0.4, 0.5) is 0 Å². The van der Waals surface area contributed by atoms with E-state index in [1.54, 1.807) is 18.2 Å². The van der Waals surface area contributed by atoms with E-state index >= 15 is 0 Å². The zero-order valence-electron chi connectivity index (χ0n) is 10.1. The first kappa shape index (κ1) is 14.7. The van der Waals surface area contributed by atoms with Gasteiger partial charge in [-0.2, -0.15) is 0 Å². The lowest BCUT2D eigenvalue weighted by atomic mass is 10.2. The minimum atomic E-state index is -0.251. The van der Waals surface area contributed by atoms with Crippen LogP contribution in [0.1, 0.15) is 18.9 Å². The molecule has 0 unspecified atom stereocenters. The van der Waals surface area contributed by atoms with E-state index in [0.717, 1.165) is 18.5 Å². The second-order valence-electron chi connectivity index (χ2n) is 3.63. The first-order chi connectivity index (χ1) is 8.61. The molecular weight excluding hydrogens is 268 g/mol. The van der Waals surface area contributed by atoms with Gasteiger partial charge in [0.15, 0.2) is 5.11 Å². The van der Waals surface area contributed by atoms with Crippen LogP contribution in [0.3, 0.4) is 0 Å². The second-order valence-corrected chi connectivity index (χ2v) is 4.47. The maximum absolute atomic E-state index is 11.5. The SMILES string of the molecule is CCCNC(=S)NC(=O)/C=C/c1ccc(Cl)cc1. The van der Waals surface area contributed by atoms with Gasteiger partial charge in [-0.15, -0.1) is 0 Å². The number of nitrogens with one attached hydrogen (secondary N) is 2. The third kappa shape index (κ3) is 5.80. The average Bonchev–Trinajstić information content (AvgIpc) is 2.35. The summed E-state index contributed by atoms with van der Waals surface area (Å²) < 4.78 is 0. The fourth-order valence-corrected chi connectivity index (χ4v) is 1.51. The molecule has 96 valence electrons. The molecule has 3 nitrogen and oxygen atoms in total. The Bertz CT molecular complexity index is 443. The van der Waals surface area contributed by atoms with Crippen LogP contribution in [0.2, 0.25) is 5.02 Å². The summed E-state index contributed by atoms with van der Waals surface area (Å²) in [6.45, 7) is 2.78. The third-order valence-corrected chi connectivity index (χ3v) is 2.57. The smallest absolute Gasteiger partial charge is 0.250 e. The van der Waals surface area contributed by atoms with Crippen LogP contribution < -0.4 is 10.6 Å². The van der Waals surface area contributed by atoms with Gasteiger partial charge >= 0.3 is 0 Å². The van der Waals surface area contributed by atoms with Gasteiger partial charge in [0.25, 0.3) is 0 Å². The summed E-state index contributed by atoms with van der Waals surface area (Å²) in [6.07, 6.45) is 4.09. The second kappa shape index (κ2) is 7.84. The topological polar surface area (TPSA) is 41.1 Å². The average molecular weight is 283 g/mol. The molecular formula is C13H15ClN2OS. The predicted octanol–water partition coefficient (Wildman–Crippen LogP) is 2.75. The number of carbonyl (C=O) groups excluding carboxylic acids is 1. The van der Waals surface area contributed by atoms with E-state index in [2.05, 4.69) is 10.6 Å². The largest absolute Gasteiger partial charge is 0.362 e. The zero-order valence-corrected chi connectivity index (χ0v) is 11.6. The highest BCUT2D eigenvalue weighted by Gasteiger charge is 1.99. The Morgan fingerprint density at radius 3 is 2.67 bits per heavy atom. The molecule has 0 radical (unpaired) electrons. The Kier molecular flexibility index (Phi) is 6.39. The van der Waals surface area contributed by atoms with Crippen molar-refractivity contribution in [2.24, 2.45) is 0 Å². The summed E-state index contributed by atoms with van der Waals surface area (Å²) in [5.41, 5.74) is 0.905. The van der Waals surface area contributed by atoms with E-state index in [4.69, 9.17) is 23.8 Å². The number of hydrogen-bond donors (Lipinski definition) is 2. The minimum Gasteiger partial charge on any atom is -0.362 e. The predicted molar refractivity (Wildman–Crippen MR) is 79.5 cm³/mol. The molecule has 0 heterocycles. The van der Waals surface area contributed by atoms with Crippen molar-refractivity contribution in [3.05, 3.63) is 40.9 Å². The maximum Gasteiger partial charge on any atom is 0.250 e. The Labute approximate surface area is 117 Å². The number of halogens is 1. The van der Waals surface area contributed by atoms with Gasteiger partial charge in [-0.05, 0) is 42.4 Å². The first-order valence-electron chi connectivity index (χ1n) is 5.64. The van der Waals surface area contributed by atoms with Gasteiger partial charge < -0.3 is 5.32 Å². The van der Waals surface area contributed by atoms with Crippen molar-refractivity contribution in [3.63, 3.8) is 0 Å². The monoisotopic (exact) mass is 282 g/mol. The Hall–Kier alpha value is -1.39. The lowest BCUT2D eigenvalue weighted by molar-refractivity contribution is -0.115. The molecule has 18 heavy (non-hydrogen) atoms. The van der Waals surface area contributed by atoms with E-state index in [-0.39, 0.29) is 5.91 Å².